The van der Waals surface area contributed by atoms with Crippen LogP contribution in [-0.2, 0) is 9.53 Å². The van der Waals surface area contributed by atoms with Crippen LogP contribution in [-0.4, -0.2) is 35.5 Å². The van der Waals surface area contributed by atoms with E-state index in [9.17, 15) is 4.79 Å². The lowest BCUT2D eigenvalue weighted by Crippen LogP contribution is -2.11. The average molecular weight is 176 g/mol. The molecule has 0 fully saturated rings. The summed E-state index contributed by atoms with van der Waals surface area (Å²) in [5, 5.41) is 17.4. The SMILES string of the molecule is CC(=O)OCCCCC(O)CO. The van der Waals surface area contributed by atoms with Gasteiger partial charge in [-0.1, -0.05) is 0 Å². The predicted octanol–water partition coefficient (Wildman–Crippen LogP) is 0.0730. The molecule has 0 aromatic carbocycles. The molecule has 0 spiro atoms. The van der Waals surface area contributed by atoms with Crippen LogP contribution in [0.25, 0.3) is 0 Å². The van der Waals surface area contributed by atoms with Gasteiger partial charge in [0.15, 0.2) is 0 Å². The number of aliphatic hydroxyl groups excluding tert-OH is 2. The van der Waals surface area contributed by atoms with Gasteiger partial charge in [0, 0.05) is 6.92 Å². The zero-order valence-corrected chi connectivity index (χ0v) is 7.32. The summed E-state index contributed by atoms with van der Waals surface area (Å²) in [5.74, 6) is -0.280. The van der Waals surface area contributed by atoms with Gasteiger partial charge in [0.1, 0.15) is 0 Å². The van der Waals surface area contributed by atoms with Crippen molar-refractivity contribution >= 4 is 5.97 Å². The second kappa shape index (κ2) is 7.06. The Balaban J connectivity index is 3.05. The standard InChI is InChI=1S/C8H16O4/c1-7(10)12-5-3-2-4-8(11)6-9/h8-9,11H,2-6H2,1H3. The van der Waals surface area contributed by atoms with E-state index in [-0.39, 0.29) is 12.6 Å². The molecule has 0 radical (unpaired) electrons. The van der Waals surface area contributed by atoms with Gasteiger partial charge >= 0.3 is 5.97 Å². The third-order valence-electron chi connectivity index (χ3n) is 1.45. The zero-order valence-electron chi connectivity index (χ0n) is 7.32. The summed E-state index contributed by atoms with van der Waals surface area (Å²) in [5.41, 5.74) is 0. The minimum Gasteiger partial charge on any atom is -0.466 e. The number of hydrogen-bond donors (Lipinski definition) is 2. The molecule has 4 nitrogen and oxygen atoms in total. The van der Waals surface area contributed by atoms with Gasteiger partial charge in [-0.3, -0.25) is 4.79 Å². The fourth-order valence-electron chi connectivity index (χ4n) is 0.789. The van der Waals surface area contributed by atoms with Gasteiger partial charge in [0.05, 0.1) is 19.3 Å². The van der Waals surface area contributed by atoms with Gasteiger partial charge in [-0.2, -0.15) is 0 Å². The van der Waals surface area contributed by atoms with Gasteiger partial charge in [-0.05, 0) is 19.3 Å². The molecule has 1 unspecified atom stereocenters. The van der Waals surface area contributed by atoms with Crippen molar-refractivity contribution in [1.82, 2.24) is 0 Å². The van der Waals surface area contributed by atoms with Crippen molar-refractivity contribution in [2.75, 3.05) is 13.2 Å². The normalized spacial score (nSPS) is 12.6. The number of unbranched alkanes of at least 4 members (excludes halogenated alkanes) is 1. The molecule has 0 aromatic heterocycles. The van der Waals surface area contributed by atoms with Crippen molar-refractivity contribution in [3.8, 4) is 0 Å². The Kier molecular flexibility index (Phi) is 6.70. The molecule has 0 bridgehead atoms. The number of rotatable bonds is 6. The number of esters is 1. The van der Waals surface area contributed by atoms with Crippen LogP contribution >= 0.6 is 0 Å². The van der Waals surface area contributed by atoms with Gasteiger partial charge in [-0.15, -0.1) is 0 Å². The van der Waals surface area contributed by atoms with Crippen molar-refractivity contribution in [3.05, 3.63) is 0 Å². The molecule has 1 atom stereocenters. The largest absolute Gasteiger partial charge is 0.466 e. The number of ether oxygens (including phenoxy) is 1. The van der Waals surface area contributed by atoms with Crippen LogP contribution in [0.1, 0.15) is 26.2 Å². The average Bonchev–Trinajstić information content (AvgIpc) is 2.03. The summed E-state index contributed by atoms with van der Waals surface area (Å²) >= 11 is 0. The molecule has 0 saturated carbocycles. The van der Waals surface area contributed by atoms with E-state index in [0.29, 0.717) is 13.0 Å². The molecule has 12 heavy (non-hydrogen) atoms. The van der Waals surface area contributed by atoms with Gasteiger partial charge in [-0.25, -0.2) is 0 Å². The zero-order chi connectivity index (χ0) is 9.40. The van der Waals surface area contributed by atoms with Crippen LogP contribution < -0.4 is 0 Å². The molecular weight excluding hydrogens is 160 g/mol. The second-order valence-electron chi connectivity index (χ2n) is 2.67. The molecule has 72 valence electrons. The van der Waals surface area contributed by atoms with E-state index in [1.807, 2.05) is 0 Å². The maximum Gasteiger partial charge on any atom is 0.302 e. The van der Waals surface area contributed by atoms with E-state index in [2.05, 4.69) is 4.74 Å². The van der Waals surface area contributed by atoms with Gasteiger partial charge < -0.3 is 14.9 Å². The Labute approximate surface area is 72.2 Å². The molecule has 2 N–H and O–H groups in total. The maximum atomic E-state index is 10.3. The Morgan fingerprint density at radius 3 is 2.67 bits per heavy atom. The summed E-state index contributed by atoms with van der Waals surface area (Å²) in [7, 11) is 0. The second-order valence-corrected chi connectivity index (χ2v) is 2.67. The van der Waals surface area contributed by atoms with Crippen molar-refractivity contribution in [2.45, 2.75) is 32.3 Å². The highest BCUT2D eigenvalue weighted by molar-refractivity contribution is 5.65. The van der Waals surface area contributed by atoms with E-state index in [1.165, 1.54) is 6.92 Å². The Hall–Kier alpha value is -0.610. The van der Waals surface area contributed by atoms with Crippen LogP contribution in [0.5, 0.6) is 0 Å². The smallest absolute Gasteiger partial charge is 0.302 e. The van der Waals surface area contributed by atoms with E-state index >= 15 is 0 Å². The monoisotopic (exact) mass is 176 g/mol. The highest BCUT2D eigenvalue weighted by Gasteiger charge is 2.00. The van der Waals surface area contributed by atoms with E-state index < -0.39 is 6.10 Å². The van der Waals surface area contributed by atoms with Crippen molar-refractivity contribution < 1.29 is 19.7 Å². The van der Waals surface area contributed by atoms with Crippen LogP contribution in [0.3, 0.4) is 0 Å². The van der Waals surface area contributed by atoms with Crippen molar-refractivity contribution in [2.24, 2.45) is 0 Å². The molecule has 0 heterocycles. The summed E-state index contributed by atoms with van der Waals surface area (Å²) < 4.78 is 4.67. The van der Waals surface area contributed by atoms with Crippen molar-refractivity contribution in [1.29, 1.82) is 0 Å². The molecular formula is C8H16O4. The van der Waals surface area contributed by atoms with Crippen molar-refractivity contribution in [3.63, 3.8) is 0 Å². The molecule has 0 rings (SSSR count). The lowest BCUT2D eigenvalue weighted by Gasteiger charge is -2.05. The minimum absolute atomic E-state index is 0.201. The van der Waals surface area contributed by atoms with Gasteiger partial charge in [0.2, 0.25) is 0 Å². The third-order valence-corrected chi connectivity index (χ3v) is 1.45. The molecule has 0 saturated heterocycles. The topological polar surface area (TPSA) is 66.8 Å². The van der Waals surface area contributed by atoms with Crippen LogP contribution in [0.2, 0.25) is 0 Å². The molecule has 0 aromatic rings. The molecule has 4 heteroatoms. The van der Waals surface area contributed by atoms with Gasteiger partial charge in [0.25, 0.3) is 0 Å². The van der Waals surface area contributed by atoms with E-state index in [0.717, 1.165) is 12.8 Å². The number of carbonyl (C=O) groups excluding carboxylic acids is 1. The number of aliphatic hydroxyl groups is 2. The Bertz CT molecular complexity index is 124. The summed E-state index contributed by atoms with van der Waals surface area (Å²) in [6, 6.07) is 0. The quantitative estimate of drug-likeness (QED) is 0.444. The first kappa shape index (κ1) is 11.4. The molecule has 0 aliphatic rings. The maximum absolute atomic E-state index is 10.3. The predicted molar refractivity (Wildman–Crippen MR) is 43.6 cm³/mol. The number of carbonyl (C=O) groups is 1. The summed E-state index contributed by atoms with van der Waals surface area (Å²) in [6.45, 7) is 1.56. The molecule has 0 amide bonds. The summed E-state index contributed by atoms with van der Waals surface area (Å²) in [4.78, 5) is 10.3. The summed E-state index contributed by atoms with van der Waals surface area (Å²) in [6.07, 6.45) is 1.41. The third kappa shape index (κ3) is 7.50. The molecule has 0 aliphatic carbocycles. The minimum atomic E-state index is -0.637. The highest BCUT2D eigenvalue weighted by Crippen LogP contribution is 2.00. The van der Waals surface area contributed by atoms with E-state index in [1.54, 1.807) is 0 Å². The Morgan fingerprint density at radius 1 is 1.50 bits per heavy atom. The first-order chi connectivity index (χ1) is 5.66. The van der Waals surface area contributed by atoms with E-state index in [4.69, 9.17) is 10.2 Å². The lowest BCUT2D eigenvalue weighted by molar-refractivity contribution is -0.141. The first-order valence-corrected chi connectivity index (χ1v) is 4.09. The fourth-order valence-corrected chi connectivity index (χ4v) is 0.789. The lowest BCUT2D eigenvalue weighted by atomic mass is 10.2. The first-order valence-electron chi connectivity index (χ1n) is 4.09. The van der Waals surface area contributed by atoms with Crippen LogP contribution in [0, 0.1) is 0 Å². The van der Waals surface area contributed by atoms with Crippen LogP contribution in [0.15, 0.2) is 0 Å². The highest BCUT2D eigenvalue weighted by atomic mass is 16.5. The fraction of sp³-hybridized carbons (Fsp3) is 0.875. The van der Waals surface area contributed by atoms with Crippen LogP contribution in [0.4, 0.5) is 0 Å². The number of hydrogen-bond acceptors (Lipinski definition) is 4. The molecule has 0 aliphatic heterocycles. The Morgan fingerprint density at radius 2 is 2.17 bits per heavy atom.